The van der Waals surface area contributed by atoms with Crippen molar-refractivity contribution in [3.63, 3.8) is 0 Å². The van der Waals surface area contributed by atoms with Gasteiger partial charge in [-0.1, -0.05) is 6.92 Å². The molecule has 2 aromatic rings. The van der Waals surface area contributed by atoms with Crippen LogP contribution in [0.15, 0.2) is 20.4 Å². The smallest absolute Gasteiger partial charge is 0.0843 e. The second-order valence-electron chi connectivity index (χ2n) is 5.11. The summed E-state index contributed by atoms with van der Waals surface area (Å²) in [4.78, 5) is 4.47. The van der Waals surface area contributed by atoms with Crippen molar-refractivity contribution in [3.8, 4) is 0 Å². The molecule has 3 rings (SSSR count). The third-order valence-electron chi connectivity index (χ3n) is 3.60. The van der Waals surface area contributed by atoms with E-state index in [1.54, 1.807) is 10.4 Å². The molecule has 0 radical (unpaired) electrons. The van der Waals surface area contributed by atoms with Gasteiger partial charge in [-0.15, -0.1) is 22.7 Å². The number of thiophene rings is 2. The van der Waals surface area contributed by atoms with Crippen LogP contribution in [0.3, 0.4) is 0 Å². The number of rotatable bonds is 5. The number of hydrogen-bond donors (Lipinski definition) is 1. The van der Waals surface area contributed by atoms with Gasteiger partial charge in [-0.25, -0.2) is 0 Å². The van der Waals surface area contributed by atoms with Crippen LogP contribution in [0.4, 0.5) is 0 Å². The summed E-state index contributed by atoms with van der Waals surface area (Å²) in [6.07, 6.45) is 5.04. The molecule has 0 saturated heterocycles. The molecule has 1 N–H and O–H groups in total. The Kier molecular flexibility index (Phi) is 5.03. The maximum absolute atomic E-state index is 3.71. The topological polar surface area (TPSA) is 12.0 Å². The zero-order chi connectivity index (χ0) is 14.1. The summed E-state index contributed by atoms with van der Waals surface area (Å²) in [5.74, 6) is 0. The molecule has 2 heterocycles. The minimum atomic E-state index is 0.346. The molecular weight excluding hydrogens is 418 g/mol. The standard InChI is InChI=1S/C15H17Br2NS2/c1-2-6-18-14(13-8-10(16)15(17)20-13)12-7-9-4-3-5-11(9)19-12/h7-8,14,18H,2-6H2,1H3. The first-order valence-corrected chi connectivity index (χ1v) is 10.2. The minimum Gasteiger partial charge on any atom is -0.305 e. The maximum Gasteiger partial charge on any atom is 0.0843 e. The summed E-state index contributed by atoms with van der Waals surface area (Å²) < 4.78 is 2.34. The zero-order valence-electron chi connectivity index (χ0n) is 11.3. The maximum atomic E-state index is 3.71. The normalized spacial score (nSPS) is 15.6. The van der Waals surface area contributed by atoms with Crippen LogP contribution in [0.2, 0.25) is 0 Å². The largest absolute Gasteiger partial charge is 0.305 e. The van der Waals surface area contributed by atoms with Gasteiger partial charge < -0.3 is 5.32 Å². The molecule has 0 saturated carbocycles. The summed E-state index contributed by atoms with van der Waals surface area (Å²) in [6.45, 7) is 3.28. The van der Waals surface area contributed by atoms with E-state index in [-0.39, 0.29) is 0 Å². The average Bonchev–Trinajstić information content (AvgIpc) is 3.06. The van der Waals surface area contributed by atoms with E-state index in [1.165, 1.54) is 32.8 Å². The highest BCUT2D eigenvalue weighted by molar-refractivity contribution is 9.13. The van der Waals surface area contributed by atoms with Crippen molar-refractivity contribution in [2.24, 2.45) is 0 Å². The molecule has 0 spiro atoms. The van der Waals surface area contributed by atoms with Crippen LogP contribution in [-0.4, -0.2) is 6.54 Å². The molecule has 1 atom stereocenters. The van der Waals surface area contributed by atoms with E-state index >= 15 is 0 Å². The Hall–Kier alpha value is 0.320. The van der Waals surface area contributed by atoms with Gasteiger partial charge in [0.15, 0.2) is 0 Å². The van der Waals surface area contributed by atoms with Crippen molar-refractivity contribution in [2.45, 2.75) is 38.6 Å². The predicted octanol–water partition coefficient (Wildman–Crippen LogP) is 5.91. The van der Waals surface area contributed by atoms with E-state index < -0.39 is 0 Å². The van der Waals surface area contributed by atoms with Gasteiger partial charge >= 0.3 is 0 Å². The highest BCUT2D eigenvalue weighted by Gasteiger charge is 2.23. The van der Waals surface area contributed by atoms with Gasteiger partial charge in [0.1, 0.15) is 0 Å². The second kappa shape index (κ2) is 6.61. The molecule has 1 unspecified atom stereocenters. The Balaban J connectivity index is 1.92. The zero-order valence-corrected chi connectivity index (χ0v) is 16.1. The Morgan fingerprint density at radius 1 is 1.20 bits per heavy atom. The first-order chi connectivity index (χ1) is 9.69. The molecule has 1 aliphatic carbocycles. The molecular formula is C15H17Br2NS2. The third-order valence-corrected chi connectivity index (χ3v) is 8.22. The fourth-order valence-corrected chi connectivity index (χ4v) is 6.24. The molecule has 0 aromatic carbocycles. The molecule has 1 nitrogen and oxygen atoms in total. The van der Waals surface area contributed by atoms with Gasteiger partial charge in [0, 0.05) is 19.1 Å². The fourth-order valence-electron chi connectivity index (χ4n) is 2.63. The van der Waals surface area contributed by atoms with Crippen LogP contribution in [0.25, 0.3) is 0 Å². The molecule has 0 bridgehead atoms. The number of fused-ring (bicyclic) bond motifs is 1. The van der Waals surface area contributed by atoms with Crippen LogP contribution >= 0.6 is 54.5 Å². The van der Waals surface area contributed by atoms with E-state index in [4.69, 9.17) is 0 Å². The van der Waals surface area contributed by atoms with Crippen molar-refractivity contribution >= 4 is 54.5 Å². The molecule has 0 fully saturated rings. The number of hydrogen-bond acceptors (Lipinski definition) is 3. The Labute approximate surface area is 145 Å². The highest BCUT2D eigenvalue weighted by atomic mass is 79.9. The van der Waals surface area contributed by atoms with Crippen molar-refractivity contribution in [3.05, 3.63) is 40.6 Å². The Bertz CT molecular complexity index is 562. The molecule has 0 aliphatic heterocycles. The van der Waals surface area contributed by atoms with E-state index in [0.29, 0.717) is 6.04 Å². The van der Waals surface area contributed by atoms with Crippen molar-refractivity contribution in [2.75, 3.05) is 6.54 Å². The lowest BCUT2D eigenvalue weighted by Gasteiger charge is -2.15. The van der Waals surface area contributed by atoms with Crippen molar-refractivity contribution in [1.82, 2.24) is 5.32 Å². The molecule has 2 aromatic heterocycles. The van der Waals surface area contributed by atoms with Gasteiger partial charge in [-0.2, -0.15) is 0 Å². The van der Waals surface area contributed by atoms with Crippen LogP contribution in [0, 0.1) is 0 Å². The summed E-state index contributed by atoms with van der Waals surface area (Å²) in [5.41, 5.74) is 1.59. The van der Waals surface area contributed by atoms with E-state index in [1.807, 2.05) is 22.7 Å². The number of nitrogens with one attached hydrogen (secondary N) is 1. The lowest BCUT2D eigenvalue weighted by molar-refractivity contribution is 0.612. The van der Waals surface area contributed by atoms with Crippen molar-refractivity contribution in [1.29, 1.82) is 0 Å². The molecule has 5 heteroatoms. The SMILES string of the molecule is CCCNC(c1cc(Br)c(Br)s1)c1cc2c(s1)CCC2. The second-order valence-corrected chi connectivity index (χ2v) is 9.53. The van der Waals surface area contributed by atoms with Gasteiger partial charge in [0.25, 0.3) is 0 Å². The highest BCUT2D eigenvalue weighted by Crippen LogP contribution is 2.41. The lowest BCUT2D eigenvalue weighted by atomic mass is 10.1. The first kappa shape index (κ1) is 15.2. The minimum absolute atomic E-state index is 0.346. The molecule has 20 heavy (non-hydrogen) atoms. The summed E-state index contributed by atoms with van der Waals surface area (Å²) in [6, 6.07) is 5.02. The first-order valence-electron chi connectivity index (χ1n) is 6.98. The Morgan fingerprint density at radius 3 is 2.65 bits per heavy atom. The monoisotopic (exact) mass is 433 g/mol. The Morgan fingerprint density at radius 2 is 2.00 bits per heavy atom. The van der Waals surface area contributed by atoms with Crippen LogP contribution < -0.4 is 5.32 Å². The van der Waals surface area contributed by atoms with E-state index in [0.717, 1.165) is 17.4 Å². The average molecular weight is 435 g/mol. The van der Waals surface area contributed by atoms with Crippen LogP contribution in [0.1, 0.15) is 46.0 Å². The quantitative estimate of drug-likeness (QED) is 0.616. The van der Waals surface area contributed by atoms with Crippen LogP contribution in [0.5, 0.6) is 0 Å². The number of aryl methyl sites for hydroxylation is 2. The summed E-state index contributed by atoms with van der Waals surface area (Å²) >= 11 is 11.1. The van der Waals surface area contributed by atoms with Crippen molar-refractivity contribution < 1.29 is 0 Å². The lowest BCUT2D eigenvalue weighted by Crippen LogP contribution is -2.21. The number of halogens is 2. The summed E-state index contributed by atoms with van der Waals surface area (Å²) in [7, 11) is 0. The van der Waals surface area contributed by atoms with Gasteiger partial charge in [0.05, 0.1) is 9.83 Å². The molecule has 0 amide bonds. The van der Waals surface area contributed by atoms with Crippen LogP contribution in [-0.2, 0) is 12.8 Å². The van der Waals surface area contributed by atoms with Gasteiger partial charge in [0.2, 0.25) is 0 Å². The molecule has 108 valence electrons. The van der Waals surface area contributed by atoms with E-state index in [2.05, 4.69) is 56.2 Å². The predicted molar refractivity (Wildman–Crippen MR) is 96.2 cm³/mol. The van der Waals surface area contributed by atoms with Gasteiger partial charge in [-0.05, 0) is 81.8 Å². The molecule has 1 aliphatic rings. The third kappa shape index (κ3) is 3.07. The van der Waals surface area contributed by atoms with E-state index in [9.17, 15) is 0 Å². The van der Waals surface area contributed by atoms with Gasteiger partial charge in [-0.3, -0.25) is 0 Å². The fraction of sp³-hybridized carbons (Fsp3) is 0.467. The summed E-state index contributed by atoms with van der Waals surface area (Å²) in [5, 5.41) is 3.71.